The van der Waals surface area contributed by atoms with E-state index in [-0.39, 0.29) is 18.1 Å². The molecule has 0 saturated carbocycles. The van der Waals surface area contributed by atoms with Crippen molar-refractivity contribution in [2.24, 2.45) is 0 Å². The number of methoxy groups -OCH3 is 1. The van der Waals surface area contributed by atoms with Gasteiger partial charge in [0.15, 0.2) is 0 Å². The summed E-state index contributed by atoms with van der Waals surface area (Å²) in [6, 6.07) is 10.3. The zero-order valence-corrected chi connectivity index (χ0v) is 11.2. The van der Waals surface area contributed by atoms with Crippen LogP contribution < -0.4 is 5.32 Å². The lowest BCUT2D eigenvalue weighted by Gasteiger charge is -2.23. The number of hydrogen-bond donors (Lipinski definition) is 1. The van der Waals surface area contributed by atoms with E-state index in [1.165, 1.54) is 6.92 Å². The second-order valence-electron chi connectivity index (χ2n) is 4.29. The normalized spacial score (nSPS) is 13.9. The molecule has 0 amide bonds. The van der Waals surface area contributed by atoms with Gasteiger partial charge in [-0.3, -0.25) is 4.79 Å². The van der Waals surface area contributed by atoms with Gasteiger partial charge in [-0.05, 0) is 12.5 Å². The van der Waals surface area contributed by atoms with Gasteiger partial charge >= 0.3 is 5.97 Å². The van der Waals surface area contributed by atoms with Crippen LogP contribution in [0.5, 0.6) is 0 Å². The van der Waals surface area contributed by atoms with E-state index in [9.17, 15) is 4.79 Å². The molecule has 0 bridgehead atoms. The summed E-state index contributed by atoms with van der Waals surface area (Å²) in [5.41, 5.74) is 1.16. The molecule has 1 aromatic carbocycles. The zero-order chi connectivity index (χ0) is 13.4. The van der Waals surface area contributed by atoms with Crippen molar-refractivity contribution < 1.29 is 14.3 Å². The molecular formula is C14H21NO3. The van der Waals surface area contributed by atoms with Crippen molar-refractivity contribution in [2.45, 2.75) is 25.9 Å². The molecule has 0 aliphatic heterocycles. The molecule has 1 aromatic rings. The molecule has 0 spiro atoms. The van der Waals surface area contributed by atoms with E-state index in [4.69, 9.17) is 9.47 Å². The molecule has 0 aliphatic rings. The molecule has 0 aliphatic carbocycles. The second kappa shape index (κ2) is 7.84. The molecule has 100 valence electrons. The second-order valence-corrected chi connectivity index (χ2v) is 4.29. The van der Waals surface area contributed by atoms with E-state index >= 15 is 0 Å². The van der Waals surface area contributed by atoms with Crippen LogP contribution in [0, 0.1) is 0 Å². The SMILES string of the molecule is COC[C@H](N[C@@H](C)COC(C)=O)c1ccccc1. The maximum absolute atomic E-state index is 10.8. The molecule has 4 nitrogen and oxygen atoms in total. The first-order valence-electron chi connectivity index (χ1n) is 6.06. The average molecular weight is 251 g/mol. The molecule has 4 heteroatoms. The maximum Gasteiger partial charge on any atom is 0.302 e. The van der Waals surface area contributed by atoms with Crippen molar-refractivity contribution in [1.82, 2.24) is 5.32 Å². The van der Waals surface area contributed by atoms with Crippen LogP contribution in [0.2, 0.25) is 0 Å². The van der Waals surface area contributed by atoms with Crippen LogP contribution in [-0.2, 0) is 14.3 Å². The number of nitrogens with one attached hydrogen (secondary N) is 1. The minimum absolute atomic E-state index is 0.0780. The molecule has 1 N–H and O–H groups in total. The largest absolute Gasteiger partial charge is 0.464 e. The van der Waals surface area contributed by atoms with Gasteiger partial charge in [-0.1, -0.05) is 30.3 Å². The highest BCUT2D eigenvalue weighted by Crippen LogP contribution is 2.13. The highest BCUT2D eigenvalue weighted by Gasteiger charge is 2.14. The van der Waals surface area contributed by atoms with E-state index in [2.05, 4.69) is 17.4 Å². The number of ether oxygens (including phenoxy) is 2. The molecule has 0 radical (unpaired) electrons. The summed E-state index contributed by atoms with van der Waals surface area (Å²) < 4.78 is 10.2. The Labute approximate surface area is 108 Å². The fourth-order valence-electron chi connectivity index (χ4n) is 1.73. The molecule has 18 heavy (non-hydrogen) atoms. The Morgan fingerprint density at radius 3 is 2.50 bits per heavy atom. The fourth-order valence-corrected chi connectivity index (χ4v) is 1.73. The summed E-state index contributed by atoms with van der Waals surface area (Å²) in [7, 11) is 1.67. The molecule has 1 rings (SSSR count). The first kappa shape index (κ1) is 14.7. The van der Waals surface area contributed by atoms with Crippen LogP contribution in [0.25, 0.3) is 0 Å². The minimum Gasteiger partial charge on any atom is -0.464 e. The van der Waals surface area contributed by atoms with Gasteiger partial charge in [0.25, 0.3) is 0 Å². The van der Waals surface area contributed by atoms with E-state index in [1.807, 2.05) is 25.1 Å². The Balaban J connectivity index is 2.55. The summed E-state index contributed by atoms with van der Waals surface area (Å²) in [5, 5.41) is 3.39. The third-order valence-corrected chi connectivity index (χ3v) is 2.56. The van der Waals surface area contributed by atoms with Crippen LogP contribution in [0.15, 0.2) is 30.3 Å². The third kappa shape index (κ3) is 5.29. The summed E-state index contributed by atoms with van der Waals surface area (Å²) in [6.07, 6.45) is 0. The first-order valence-corrected chi connectivity index (χ1v) is 6.06. The lowest BCUT2D eigenvalue weighted by Crippen LogP contribution is -2.36. The van der Waals surface area contributed by atoms with Gasteiger partial charge < -0.3 is 14.8 Å². The average Bonchev–Trinajstić information content (AvgIpc) is 2.37. The van der Waals surface area contributed by atoms with Crippen molar-refractivity contribution in [3.63, 3.8) is 0 Å². The Bertz CT molecular complexity index is 353. The van der Waals surface area contributed by atoms with Gasteiger partial charge in [0.1, 0.15) is 6.61 Å². The summed E-state index contributed by atoms with van der Waals surface area (Å²) in [4.78, 5) is 10.8. The molecule has 0 saturated heterocycles. The predicted octanol–water partition coefficient (Wildman–Crippen LogP) is 1.92. The Morgan fingerprint density at radius 1 is 1.28 bits per heavy atom. The van der Waals surface area contributed by atoms with Gasteiger partial charge in [0.05, 0.1) is 12.6 Å². The number of rotatable bonds is 7. The lowest BCUT2D eigenvalue weighted by atomic mass is 10.1. The standard InChI is InChI=1S/C14H21NO3/c1-11(9-18-12(2)16)15-14(10-17-3)13-7-5-4-6-8-13/h4-8,11,14-15H,9-10H2,1-3H3/t11-,14-/m0/s1. The maximum atomic E-state index is 10.8. The third-order valence-electron chi connectivity index (χ3n) is 2.56. The van der Waals surface area contributed by atoms with Gasteiger partial charge in [0, 0.05) is 20.1 Å². The van der Waals surface area contributed by atoms with Crippen molar-refractivity contribution in [3.05, 3.63) is 35.9 Å². The lowest BCUT2D eigenvalue weighted by molar-refractivity contribution is -0.141. The molecular weight excluding hydrogens is 230 g/mol. The Morgan fingerprint density at radius 2 is 1.94 bits per heavy atom. The van der Waals surface area contributed by atoms with Crippen LogP contribution in [0.1, 0.15) is 25.5 Å². The molecule has 0 aromatic heterocycles. The number of esters is 1. The number of benzene rings is 1. The highest BCUT2D eigenvalue weighted by molar-refractivity contribution is 5.65. The summed E-state index contributed by atoms with van der Waals surface area (Å²) in [6.45, 7) is 4.34. The van der Waals surface area contributed by atoms with E-state index < -0.39 is 0 Å². The smallest absolute Gasteiger partial charge is 0.302 e. The zero-order valence-electron chi connectivity index (χ0n) is 11.2. The topological polar surface area (TPSA) is 47.6 Å². The summed E-state index contributed by atoms with van der Waals surface area (Å²) >= 11 is 0. The van der Waals surface area contributed by atoms with Crippen LogP contribution in [0.4, 0.5) is 0 Å². The quantitative estimate of drug-likeness (QED) is 0.752. The number of carbonyl (C=O) groups is 1. The summed E-state index contributed by atoms with van der Waals surface area (Å²) in [5.74, 6) is -0.258. The van der Waals surface area contributed by atoms with E-state index in [1.54, 1.807) is 7.11 Å². The Hall–Kier alpha value is -1.39. The minimum atomic E-state index is -0.258. The number of hydrogen-bond acceptors (Lipinski definition) is 4. The van der Waals surface area contributed by atoms with Crippen LogP contribution in [0.3, 0.4) is 0 Å². The number of carbonyl (C=O) groups excluding carboxylic acids is 1. The van der Waals surface area contributed by atoms with Crippen molar-refractivity contribution >= 4 is 5.97 Å². The molecule has 0 fully saturated rings. The van der Waals surface area contributed by atoms with Crippen LogP contribution in [-0.4, -0.2) is 32.3 Å². The van der Waals surface area contributed by atoms with E-state index in [0.29, 0.717) is 13.2 Å². The van der Waals surface area contributed by atoms with Gasteiger partial charge in [-0.2, -0.15) is 0 Å². The Kier molecular flexibility index (Phi) is 6.39. The van der Waals surface area contributed by atoms with Crippen molar-refractivity contribution in [3.8, 4) is 0 Å². The highest BCUT2D eigenvalue weighted by atomic mass is 16.5. The van der Waals surface area contributed by atoms with E-state index in [0.717, 1.165) is 5.56 Å². The predicted molar refractivity (Wildman–Crippen MR) is 70.3 cm³/mol. The monoisotopic (exact) mass is 251 g/mol. The van der Waals surface area contributed by atoms with Gasteiger partial charge in [0.2, 0.25) is 0 Å². The van der Waals surface area contributed by atoms with Crippen LogP contribution >= 0.6 is 0 Å². The van der Waals surface area contributed by atoms with Crippen molar-refractivity contribution in [1.29, 1.82) is 0 Å². The molecule has 0 unspecified atom stereocenters. The van der Waals surface area contributed by atoms with Gasteiger partial charge in [-0.15, -0.1) is 0 Å². The van der Waals surface area contributed by atoms with Gasteiger partial charge in [-0.25, -0.2) is 0 Å². The van der Waals surface area contributed by atoms with Crippen molar-refractivity contribution in [2.75, 3.05) is 20.3 Å². The molecule has 0 heterocycles. The fraction of sp³-hybridized carbons (Fsp3) is 0.500. The molecule has 2 atom stereocenters. The first-order chi connectivity index (χ1) is 8.63.